The van der Waals surface area contributed by atoms with Crippen molar-refractivity contribution in [1.29, 1.82) is 0 Å². The van der Waals surface area contributed by atoms with Gasteiger partial charge in [0.2, 0.25) is 0 Å². The highest BCUT2D eigenvalue weighted by Crippen LogP contribution is 2.45. The summed E-state index contributed by atoms with van der Waals surface area (Å²) in [4.78, 5) is 7.78. The second-order valence-electron chi connectivity index (χ2n) is 8.85. The molecule has 1 N–H and O–H groups in total. The first-order valence-corrected chi connectivity index (χ1v) is 11.7. The van der Waals surface area contributed by atoms with Crippen molar-refractivity contribution >= 4 is 22.2 Å². The summed E-state index contributed by atoms with van der Waals surface area (Å²) in [5, 5.41) is 5.44. The highest BCUT2D eigenvalue weighted by molar-refractivity contribution is 6.02. The van der Waals surface area contributed by atoms with Crippen molar-refractivity contribution in [2.24, 2.45) is 18.9 Å². The first-order valence-electron chi connectivity index (χ1n) is 11.7. The van der Waals surface area contributed by atoms with Gasteiger partial charge in [-0.15, -0.1) is 0 Å². The molecule has 2 unspecified atom stereocenters. The standard InChI is InChI=1S/C28H29FN4/c1-3-20-7-8-21(6-4-5-19-17-32-33(2)18-19)27(26(20)22-9-11-23(29)12-10-22)24-13-15-30-28-25(24)14-16-31-28/h7-18,20-21H,3-6H2,1-2H3,(H,30,31). The Morgan fingerprint density at radius 1 is 1.03 bits per heavy atom. The van der Waals surface area contributed by atoms with Gasteiger partial charge in [0.05, 0.1) is 6.20 Å². The molecule has 2 atom stereocenters. The molecule has 5 heteroatoms. The van der Waals surface area contributed by atoms with E-state index in [1.54, 1.807) is 12.1 Å². The molecule has 1 aliphatic carbocycles. The molecule has 3 heterocycles. The molecule has 1 aliphatic rings. The van der Waals surface area contributed by atoms with Crippen LogP contribution in [0, 0.1) is 17.7 Å². The van der Waals surface area contributed by atoms with Gasteiger partial charge in [-0.05, 0) is 77.8 Å². The molecule has 0 amide bonds. The summed E-state index contributed by atoms with van der Waals surface area (Å²) in [6.45, 7) is 2.22. The van der Waals surface area contributed by atoms with Gasteiger partial charge in [0, 0.05) is 42.9 Å². The lowest BCUT2D eigenvalue weighted by Gasteiger charge is -2.31. The van der Waals surface area contributed by atoms with E-state index < -0.39 is 0 Å². The van der Waals surface area contributed by atoms with Crippen molar-refractivity contribution < 1.29 is 4.39 Å². The zero-order valence-corrected chi connectivity index (χ0v) is 19.1. The van der Waals surface area contributed by atoms with Gasteiger partial charge in [0.15, 0.2) is 0 Å². The van der Waals surface area contributed by atoms with E-state index in [9.17, 15) is 4.39 Å². The van der Waals surface area contributed by atoms with Gasteiger partial charge < -0.3 is 4.98 Å². The maximum Gasteiger partial charge on any atom is 0.137 e. The molecule has 4 aromatic rings. The van der Waals surface area contributed by atoms with Gasteiger partial charge >= 0.3 is 0 Å². The Morgan fingerprint density at radius 2 is 1.85 bits per heavy atom. The Kier molecular flexibility index (Phi) is 5.95. The van der Waals surface area contributed by atoms with Crippen LogP contribution in [0.4, 0.5) is 4.39 Å². The summed E-state index contributed by atoms with van der Waals surface area (Å²) in [6.07, 6.45) is 16.7. The van der Waals surface area contributed by atoms with Crippen molar-refractivity contribution in [3.05, 3.63) is 95.8 Å². The van der Waals surface area contributed by atoms with Crippen LogP contribution in [0.3, 0.4) is 0 Å². The fourth-order valence-corrected chi connectivity index (χ4v) is 5.11. The minimum Gasteiger partial charge on any atom is -0.346 e. The third kappa shape index (κ3) is 4.28. The third-order valence-corrected chi connectivity index (χ3v) is 6.69. The quantitative estimate of drug-likeness (QED) is 0.330. The van der Waals surface area contributed by atoms with E-state index in [1.165, 1.54) is 22.3 Å². The van der Waals surface area contributed by atoms with Crippen LogP contribution in [-0.4, -0.2) is 19.7 Å². The smallest absolute Gasteiger partial charge is 0.137 e. The van der Waals surface area contributed by atoms with Crippen LogP contribution in [0.25, 0.3) is 22.2 Å². The van der Waals surface area contributed by atoms with Crippen molar-refractivity contribution in [1.82, 2.24) is 19.7 Å². The van der Waals surface area contributed by atoms with Gasteiger partial charge in [-0.25, -0.2) is 9.37 Å². The number of aryl methyl sites for hydroxylation is 2. The minimum atomic E-state index is -0.203. The third-order valence-electron chi connectivity index (χ3n) is 6.69. The first kappa shape index (κ1) is 21.4. The van der Waals surface area contributed by atoms with E-state index in [-0.39, 0.29) is 11.7 Å². The largest absolute Gasteiger partial charge is 0.346 e. The van der Waals surface area contributed by atoms with Gasteiger partial charge in [-0.3, -0.25) is 4.68 Å². The predicted octanol–water partition coefficient (Wildman–Crippen LogP) is 6.58. The molecule has 0 radical (unpaired) electrons. The Hall–Kier alpha value is -3.47. The molecule has 5 rings (SSSR count). The van der Waals surface area contributed by atoms with Gasteiger partial charge in [0.1, 0.15) is 11.5 Å². The minimum absolute atomic E-state index is 0.203. The number of benzene rings is 1. The number of aromatic nitrogens is 4. The Labute approximate surface area is 193 Å². The monoisotopic (exact) mass is 440 g/mol. The van der Waals surface area contributed by atoms with Crippen LogP contribution in [0.1, 0.15) is 42.9 Å². The van der Waals surface area contributed by atoms with Gasteiger partial charge in [-0.2, -0.15) is 5.10 Å². The summed E-state index contributed by atoms with van der Waals surface area (Å²) in [5.74, 6) is 0.373. The second-order valence-corrected chi connectivity index (χ2v) is 8.85. The Balaban J connectivity index is 1.60. The van der Waals surface area contributed by atoms with Gasteiger partial charge in [-0.1, -0.05) is 31.2 Å². The summed E-state index contributed by atoms with van der Waals surface area (Å²) in [6, 6.07) is 11.2. The number of fused-ring (bicyclic) bond motifs is 1. The maximum atomic E-state index is 13.8. The highest BCUT2D eigenvalue weighted by atomic mass is 19.1. The van der Waals surface area contributed by atoms with E-state index >= 15 is 0 Å². The molecular formula is C28H29FN4. The highest BCUT2D eigenvalue weighted by Gasteiger charge is 2.28. The lowest BCUT2D eigenvalue weighted by atomic mass is 9.73. The van der Waals surface area contributed by atoms with Crippen molar-refractivity contribution in [3.63, 3.8) is 0 Å². The topological polar surface area (TPSA) is 46.5 Å². The molecule has 0 fully saturated rings. The fraction of sp³-hybridized carbons (Fsp3) is 0.286. The Morgan fingerprint density at radius 3 is 2.61 bits per heavy atom. The normalized spacial score (nSPS) is 18.4. The van der Waals surface area contributed by atoms with Gasteiger partial charge in [0.25, 0.3) is 0 Å². The van der Waals surface area contributed by atoms with E-state index in [2.05, 4.69) is 52.5 Å². The zero-order chi connectivity index (χ0) is 22.8. The van der Waals surface area contributed by atoms with Crippen molar-refractivity contribution in [2.75, 3.05) is 0 Å². The number of aromatic amines is 1. The summed E-state index contributed by atoms with van der Waals surface area (Å²) < 4.78 is 15.6. The Bertz CT molecular complexity index is 1310. The van der Waals surface area contributed by atoms with E-state index in [0.717, 1.165) is 42.3 Å². The molecule has 168 valence electrons. The van der Waals surface area contributed by atoms with Crippen LogP contribution in [-0.2, 0) is 13.5 Å². The molecule has 0 bridgehead atoms. The number of allylic oxidation sites excluding steroid dienone is 4. The first-order chi connectivity index (χ1) is 16.1. The zero-order valence-electron chi connectivity index (χ0n) is 19.1. The van der Waals surface area contributed by atoms with E-state index in [0.29, 0.717) is 5.92 Å². The molecule has 0 saturated carbocycles. The average molecular weight is 441 g/mol. The second kappa shape index (κ2) is 9.18. The summed E-state index contributed by atoms with van der Waals surface area (Å²) >= 11 is 0. The van der Waals surface area contributed by atoms with E-state index in [4.69, 9.17) is 0 Å². The van der Waals surface area contributed by atoms with Crippen LogP contribution in [0.15, 0.2) is 73.3 Å². The van der Waals surface area contributed by atoms with Crippen LogP contribution >= 0.6 is 0 Å². The summed E-state index contributed by atoms with van der Waals surface area (Å²) in [5.41, 5.74) is 7.13. The molecule has 0 saturated heterocycles. The molecule has 0 spiro atoms. The maximum absolute atomic E-state index is 13.8. The molecule has 33 heavy (non-hydrogen) atoms. The predicted molar refractivity (Wildman–Crippen MR) is 132 cm³/mol. The number of hydrogen-bond donors (Lipinski definition) is 1. The molecule has 3 aromatic heterocycles. The number of pyridine rings is 1. The molecular weight excluding hydrogens is 411 g/mol. The summed E-state index contributed by atoms with van der Waals surface area (Å²) in [7, 11) is 1.96. The molecule has 1 aromatic carbocycles. The fourth-order valence-electron chi connectivity index (χ4n) is 5.11. The van der Waals surface area contributed by atoms with Crippen LogP contribution in [0.5, 0.6) is 0 Å². The number of nitrogens with one attached hydrogen (secondary N) is 1. The molecule has 0 aliphatic heterocycles. The number of H-pyrrole nitrogens is 1. The van der Waals surface area contributed by atoms with E-state index in [1.807, 2.05) is 42.5 Å². The SMILES string of the molecule is CCC1C=CC(CCCc2cnn(C)c2)C(c2ccnc3[nH]ccc23)=C1c1ccc(F)cc1. The number of nitrogens with zero attached hydrogens (tertiary/aromatic N) is 3. The van der Waals surface area contributed by atoms with Crippen LogP contribution < -0.4 is 0 Å². The average Bonchev–Trinajstić information content (AvgIpc) is 3.48. The number of halogens is 1. The van der Waals surface area contributed by atoms with Crippen LogP contribution in [0.2, 0.25) is 0 Å². The number of rotatable bonds is 7. The number of hydrogen-bond acceptors (Lipinski definition) is 2. The molecule has 4 nitrogen and oxygen atoms in total. The van der Waals surface area contributed by atoms with Crippen molar-refractivity contribution in [3.8, 4) is 0 Å². The van der Waals surface area contributed by atoms with Crippen molar-refractivity contribution in [2.45, 2.75) is 32.6 Å². The lowest BCUT2D eigenvalue weighted by Crippen LogP contribution is -2.14. The lowest BCUT2D eigenvalue weighted by molar-refractivity contribution is 0.627.